The van der Waals surface area contributed by atoms with Crippen molar-refractivity contribution in [1.82, 2.24) is 0 Å². The Kier molecular flexibility index (Phi) is 5.47. The zero-order valence-electron chi connectivity index (χ0n) is 13.4. The van der Waals surface area contributed by atoms with E-state index in [0.717, 1.165) is 0 Å². The molecule has 1 atom stereocenters. The van der Waals surface area contributed by atoms with Crippen molar-refractivity contribution in [2.45, 2.75) is 15.7 Å². The summed E-state index contributed by atoms with van der Waals surface area (Å²) in [5, 5.41) is 0. The molecule has 0 amide bonds. The number of hydrogen-bond donors (Lipinski definition) is 0. The third-order valence-electron chi connectivity index (χ3n) is 4.03. The average molecular weight is 337 g/mol. The minimum atomic E-state index is 0.274. The Labute approximate surface area is 147 Å². The number of thioether (sulfide) groups is 2. The first-order valence-electron chi connectivity index (χ1n) is 7.65. The quantitative estimate of drug-likeness (QED) is 0.395. The zero-order chi connectivity index (χ0) is 16.1. The van der Waals surface area contributed by atoms with Gasteiger partial charge < -0.3 is 0 Å². The van der Waals surface area contributed by atoms with Gasteiger partial charge in [0.2, 0.25) is 0 Å². The maximum absolute atomic E-state index is 2.26. The second kappa shape index (κ2) is 7.76. The highest BCUT2D eigenvalue weighted by atomic mass is 32.2. The first kappa shape index (κ1) is 16.2. The highest BCUT2D eigenvalue weighted by molar-refractivity contribution is 7.98. The molecule has 0 nitrogen and oxygen atoms in total. The van der Waals surface area contributed by atoms with E-state index in [4.69, 9.17) is 0 Å². The molecule has 3 rings (SSSR count). The van der Waals surface area contributed by atoms with Crippen LogP contribution in [0.25, 0.3) is 0 Å². The fourth-order valence-corrected chi connectivity index (χ4v) is 3.94. The van der Waals surface area contributed by atoms with Gasteiger partial charge in [0.05, 0.1) is 0 Å². The lowest BCUT2D eigenvalue weighted by Crippen LogP contribution is -2.04. The minimum Gasteiger partial charge on any atom is -0.130 e. The van der Waals surface area contributed by atoms with Gasteiger partial charge in [0, 0.05) is 15.7 Å². The van der Waals surface area contributed by atoms with Crippen molar-refractivity contribution in [3.8, 4) is 0 Å². The SMILES string of the molecule is CSc1ccc(C(c2ccccc2)c2ccccc2SC)cc1. The lowest BCUT2D eigenvalue weighted by Gasteiger charge is -2.21. The van der Waals surface area contributed by atoms with Crippen molar-refractivity contribution in [1.29, 1.82) is 0 Å². The lowest BCUT2D eigenvalue weighted by atomic mass is 9.85. The van der Waals surface area contributed by atoms with Crippen LogP contribution in [0.1, 0.15) is 22.6 Å². The molecule has 0 saturated carbocycles. The lowest BCUT2D eigenvalue weighted by molar-refractivity contribution is 0.943. The van der Waals surface area contributed by atoms with Gasteiger partial charge in [-0.1, -0.05) is 60.7 Å². The van der Waals surface area contributed by atoms with Crippen LogP contribution in [0.5, 0.6) is 0 Å². The monoisotopic (exact) mass is 336 g/mol. The molecular weight excluding hydrogens is 316 g/mol. The van der Waals surface area contributed by atoms with E-state index in [0.29, 0.717) is 0 Å². The summed E-state index contributed by atoms with van der Waals surface area (Å²) >= 11 is 3.60. The van der Waals surface area contributed by atoms with Crippen LogP contribution in [0.15, 0.2) is 88.7 Å². The number of hydrogen-bond acceptors (Lipinski definition) is 2. The predicted octanol–water partition coefficient (Wildman–Crippen LogP) is 6.31. The average Bonchev–Trinajstić information content (AvgIpc) is 2.64. The summed E-state index contributed by atoms with van der Waals surface area (Å²) in [5.41, 5.74) is 4.06. The Morgan fingerprint density at radius 1 is 0.609 bits per heavy atom. The van der Waals surface area contributed by atoms with E-state index in [2.05, 4.69) is 91.4 Å². The van der Waals surface area contributed by atoms with Crippen LogP contribution < -0.4 is 0 Å². The van der Waals surface area contributed by atoms with E-state index in [9.17, 15) is 0 Å². The third-order valence-corrected chi connectivity index (χ3v) is 5.59. The topological polar surface area (TPSA) is 0 Å². The molecule has 0 bridgehead atoms. The molecule has 3 aromatic rings. The minimum absolute atomic E-state index is 0.274. The molecule has 1 unspecified atom stereocenters. The zero-order valence-corrected chi connectivity index (χ0v) is 15.0. The van der Waals surface area contributed by atoms with E-state index in [1.54, 1.807) is 11.8 Å². The van der Waals surface area contributed by atoms with Crippen LogP contribution >= 0.6 is 23.5 Å². The Hall–Kier alpha value is -1.64. The molecule has 23 heavy (non-hydrogen) atoms. The molecule has 0 radical (unpaired) electrons. The second-order valence-corrected chi connectivity index (χ2v) is 7.09. The van der Waals surface area contributed by atoms with Crippen molar-refractivity contribution < 1.29 is 0 Å². The fourth-order valence-electron chi connectivity index (χ4n) is 2.90. The van der Waals surface area contributed by atoms with E-state index in [1.807, 2.05) is 11.8 Å². The molecule has 116 valence electrons. The van der Waals surface area contributed by atoms with Crippen LogP contribution in [-0.4, -0.2) is 12.5 Å². The Bertz CT molecular complexity index is 748. The molecule has 2 heteroatoms. The molecule has 0 aromatic heterocycles. The van der Waals surface area contributed by atoms with Crippen molar-refractivity contribution in [3.63, 3.8) is 0 Å². The van der Waals surface area contributed by atoms with Gasteiger partial charge in [-0.15, -0.1) is 23.5 Å². The van der Waals surface area contributed by atoms with E-state index in [1.165, 1.54) is 26.5 Å². The van der Waals surface area contributed by atoms with E-state index >= 15 is 0 Å². The largest absolute Gasteiger partial charge is 0.130 e. The van der Waals surface area contributed by atoms with Gasteiger partial charge in [-0.2, -0.15) is 0 Å². The summed E-state index contributed by atoms with van der Waals surface area (Å²) in [6.07, 6.45) is 4.27. The number of rotatable bonds is 5. The predicted molar refractivity (Wildman–Crippen MR) is 104 cm³/mol. The second-order valence-electron chi connectivity index (χ2n) is 5.36. The summed E-state index contributed by atoms with van der Waals surface area (Å²) in [5.74, 6) is 0.274. The van der Waals surface area contributed by atoms with Crippen molar-refractivity contribution in [2.75, 3.05) is 12.5 Å². The van der Waals surface area contributed by atoms with Crippen molar-refractivity contribution in [3.05, 3.63) is 95.6 Å². The van der Waals surface area contributed by atoms with Gasteiger partial charge >= 0.3 is 0 Å². The Balaban J connectivity index is 2.14. The molecule has 0 spiro atoms. The van der Waals surface area contributed by atoms with Crippen molar-refractivity contribution >= 4 is 23.5 Å². The molecule has 0 fully saturated rings. The smallest absolute Gasteiger partial charge is 0.0351 e. The van der Waals surface area contributed by atoms with Gasteiger partial charge in [-0.25, -0.2) is 0 Å². The maximum atomic E-state index is 2.26. The van der Waals surface area contributed by atoms with Crippen LogP contribution in [0.2, 0.25) is 0 Å². The highest BCUT2D eigenvalue weighted by Gasteiger charge is 2.19. The summed E-state index contributed by atoms with van der Waals surface area (Å²) in [6.45, 7) is 0. The van der Waals surface area contributed by atoms with Crippen LogP contribution in [0, 0.1) is 0 Å². The van der Waals surface area contributed by atoms with Crippen molar-refractivity contribution in [2.24, 2.45) is 0 Å². The third kappa shape index (κ3) is 3.65. The first-order chi connectivity index (χ1) is 11.3. The van der Waals surface area contributed by atoms with Gasteiger partial charge in [-0.3, -0.25) is 0 Å². The molecule has 3 aromatic carbocycles. The molecule has 0 aliphatic carbocycles. The summed E-state index contributed by atoms with van der Waals surface area (Å²) in [6, 6.07) is 28.5. The van der Waals surface area contributed by atoms with Gasteiger partial charge in [-0.05, 0) is 47.4 Å². The molecule has 0 aliphatic heterocycles. The standard InChI is InChI=1S/C21H20S2/c1-22-18-14-12-17(13-15-18)21(16-8-4-3-5-9-16)19-10-6-7-11-20(19)23-2/h3-15,21H,1-2H3. The summed E-state index contributed by atoms with van der Waals surface area (Å²) in [4.78, 5) is 2.65. The van der Waals surface area contributed by atoms with Crippen LogP contribution in [-0.2, 0) is 0 Å². The Morgan fingerprint density at radius 3 is 1.87 bits per heavy atom. The molecule has 0 N–H and O–H groups in total. The van der Waals surface area contributed by atoms with E-state index in [-0.39, 0.29) is 5.92 Å². The van der Waals surface area contributed by atoms with Gasteiger partial charge in [0.25, 0.3) is 0 Å². The fraction of sp³-hybridized carbons (Fsp3) is 0.143. The summed E-state index contributed by atoms with van der Waals surface area (Å²) in [7, 11) is 0. The molecule has 0 aliphatic rings. The van der Waals surface area contributed by atoms with E-state index < -0.39 is 0 Å². The highest BCUT2D eigenvalue weighted by Crippen LogP contribution is 2.37. The summed E-state index contributed by atoms with van der Waals surface area (Å²) < 4.78 is 0. The van der Waals surface area contributed by atoms with Gasteiger partial charge in [0.15, 0.2) is 0 Å². The van der Waals surface area contributed by atoms with Crippen LogP contribution in [0.4, 0.5) is 0 Å². The van der Waals surface area contributed by atoms with Crippen LogP contribution in [0.3, 0.4) is 0 Å². The van der Waals surface area contributed by atoms with Gasteiger partial charge in [0.1, 0.15) is 0 Å². The first-order valence-corrected chi connectivity index (χ1v) is 10.1. The Morgan fingerprint density at radius 2 is 1.22 bits per heavy atom. The molecule has 0 saturated heterocycles. The normalized spacial score (nSPS) is 12.1. The maximum Gasteiger partial charge on any atom is 0.0351 e. The molecular formula is C21H20S2. The number of benzene rings is 3. The molecule has 0 heterocycles.